The SMILES string of the molecule is CNC(=O)C(C)N1CCC(OCCC(=O)O)CC1. The van der Waals surface area contributed by atoms with Crippen LogP contribution < -0.4 is 5.32 Å². The van der Waals surface area contributed by atoms with Crippen molar-refractivity contribution in [1.82, 2.24) is 10.2 Å². The summed E-state index contributed by atoms with van der Waals surface area (Å²) >= 11 is 0. The number of carbonyl (C=O) groups is 2. The van der Waals surface area contributed by atoms with Crippen LogP contribution in [0.3, 0.4) is 0 Å². The van der Waals surface area contributed by atoms with Crippen LogP contribution in [-0.4, -0.2) is 60.8 Å². The molecule has 6 heteroatoms. The minimum atomic E-state index is -0.833. The molecule has 0 bridgehead atoms. The third-order valence-corrected chi connectivity index (χ3v) is 3.32. The quantitative estimate of drug-likeness (QED) is 0.705. The molecule has 0 aromatic heterocycles. The minimum Gasteiger partial charge on any atom is -0.481 e. The van der Waals surface area contributed by atoms with Crippen molar-refractivity contribution in [2.24, 2.45) is 0 Å². The average Bonchev–Trinajstić information content (AvgIpc) is 2.37. The zero-order valence-electron chi connectivity index (χ0n) is 11.0. The molecule has 0 aromatic carbocycles. The van der Waals surface area contributed by atoms with Crippen LogP contribution in [0, 0.1) is 0 Å². The number of piperidine rings is 1. The molecule has 1 heterocycles. The van der Waals surface area contributed by atoms with Crippen molar-refractivity contribution < 1.29 is 19.4 Å². The molecule has 0 spiro atoms. The highest BCUT2D eigenvalue weighted by molar-refractivity contribution is 5.80. The first kappa shape index (κ1) is 14.9. The summed E-state index contributed by atoms with van der Waals surface area (Å²) in [6.07, 6.45) is 1.87. The number of aliphatic carboxylic acids is 1. The Morgan fingerprint density at radius 2 is 2.06 bits per heavy atom. The molecule has 2 N–H and O–H groups in total. The lowest BCUT2D eigenvalue weighted by molar-refractivity contribution is -0.139. The van der Waals surface area contributed by atoms with Gasteiger partial charge in [0.25, 0.3) is 0 Å². The molecule has 1 rings (SSSR count). The molecule has 1 unspecified atom stereocenters. The van der Waals surface area contributed by atoms with Crippen LogP contribution in [0.1, 0.15) is 26.2 Å². The highest BCUT2D eigenvalue weighted by Crippen LogP contribution is 2.16. The summed E-state index contributed by atoms with van der Waals surface area (Å²) in [5, 5.41) is 11.2. The zero-order valence-corrected chi connectivity index (χ0v) is 11.0. The van der Waals surface area contributed by atoms with E-state index >= 15 is 0 Å². The molecule has 1 atom stereocenters. The maximum absolute atomic E-state index is 11.5. The van der Waals surface area contributed by atoms with E-state index in [1.807, 2.05) is 6.92 Å². The maximum atomic E-state index is 11.5. The Balaban J connectivity index is 2.24. The van der Waals surface area contributed by atoms with E-state index < -0.39 is 5.97 Å². The van der Waals surface area contributed by atoms with E-state index in [1.165, 1.54) is 0 Å². The minimum absolute atomic E-state index is 0.0280. The second kappa shape index (κ2) is 7.33. The molecule has 0 aromatic rings. The number of carbonyl (C=O) groups excluding carboxylic acids is 1. The van der Waals surface area contributed by atoms with Gasteiger partial charge in [-0.1, -0.05) is 0 Å². The number of amides is 1. The van der Waals surface area contributed by atoms with Crippen molar-refractivity contribution >= 4 is 11.9 Å². The van der Waals surface area contributed by atoms with Gasteiger partial charge in [0.15, 0.2) is 0 Å². The van der Waals surface area contributed by atoms with E-state index in [1.54, 1.807) is 7.05 Å². The van der Waals surface area contributed by atoms with Crippen LogP contribution in [0.5, 0.6) is 0 Å². The summed E-state index contributed by atoms with van der Waals surface area (Å²) in [6.45, 7) is 3.79. The number of carboxylic acids is 1. The molecule has 104 valence electrons. The van der Waals surface area contributed by atoms with Crippen molar-refractivity contribution in [2.75, 3.05) is 26.7 Å². The van der Waals surface area contributed by atoms with Crippen LogP contribution in [0.15, 0.2) is 0 Å². The van der Waals surface area contributed by atoms with Crippen LogP contribution in [-0.2, 0) is 14.3 Å². The number of carboxylic acid groups (broad SMARTS) is 1. The molecule has 1 fully saturated rings. The summed E-state index contributed by atoms with van der Waals surface area (Å²) in [5.74, 6) is -0.805. The summed E-state index contributed by atoms with van der Waals surface area (Å²) < 4.78 is 5.50. The fraction of sp³-hybridized carbons (Fsp3) is 0.833. The normalized spacial score (nSPS) is 19.4. The predicted octanol–water partition coefficient (Wildman–Crippen LogP) is 0.0766. The van der Waals surface area contributed by atoms with Crippen molar-refractivity contribution in [3.05, 3.63) is 0 Å². The fourth-order valence-electron chi connectivity index (χ4n) is 2.12. The third kappa shape index (κ3) is 4.62. The molecule has 1 aliphatic heterocycles. The third-order valence-electron chi connectivity index (χ3n) is 3.32. The Bertz CT molecular complexity index is 288. The van der Waals surface area contributed by atoms with Gasteiger partial charge in [-0.25, -0.2) is 0 Å². The van der Waals surface area contributed by atoms with Gasteiger partial charge in [-0.15, -0.1) is 0 Å². The van der Waals surface area contributed by atoms with Gasteiger partial charge in [-0.2, -0.15) is 0 Å². The van der Waals surface area contributed by atoms with Crippen molar-refractivity contribution in [1.29, 1.82) is 0 Å². The van der Waals surface area contributed by atoms with E-state index in [2.05, 4.69) is 10.2 Å². The smallest absolute Gasteiger partial charge is 0.305 e. The predicted molar refractivity (Wildman–Crippen MR) is 66.3 cm³/mol. The Kier molecular flexibility index (Phi) is 6.07. The van der Waals surface area contributed by atoms with Crippen LogP contribution >= 0.6 is 0 Å². The molecule has 1 aliphatic rings. The first-order valence-electron chi connectivity index (χ1n) is 6.33. The average molecular weight is 258 g/mol. The van der Waals surface area contributed by atoms with Gasteiger partial charge in [-0.05, 0) is 19.8 Å². The van der Waals surface area contributed by atoms with Crippen molar-refractivity contribution in [2.45, 2.75) is 38.3 Å². The summed E-state index contributed by atoms with van der Waals surface area (Å²) in [4.78, 5) is 24.0. The molecule has 1 saturated heterocycles. The highest BCUT2D eigenvalue weighted by atomic mass is 16.5. The molecular weight excluding hydrogens is 236 g/mol. The lowest BCUT2D eigenvalue weighted by Crippen LogP contribution is -2.48. The number of nitrogens with zero attached hydrogens (tertiary/aromatic N) is 1. The van der Waals surface area contributed by atoms with Gasteiger partial charge in [0.05, 0.1) is 25.2 Å². The number of likely N-dealkylation sites (tertiary alicyclic amines) is 1. The zero-order chi connectivity index (χ0) is 13.5. The Hall–Kier alpha value is -1.14. The second-order valence-corrected chi connectivity index (χ2v) is 4.54. The molecular formula is C12H22N2O4. The van der Waals surface area contributed by atoms with E-state index in [4.69, 9.17) is 9.84 Å². The maximum Gasteiger partial charge on any atom is 0.305 e. The first-order chi connectivity index (χ1) is 8.54. The van der Waals surface area contributed by atoms with Gasteiger partial charge in [0.2, 0.25) is 5.91 Å². The number of likely N-dealkylation sites (N-methyl/N-ethyl adjacent to an activating group) is 1. The molecule has 18 heavy (non-hydrogen) atoms. The fourth-order valence-corrected chi connectivity index (χ4v) is 2.12. The van der Waals surface area contributed by atoms with E-state index in [0.29, 0.717) is 0 Å². The van der Waals surface area contributed by atoms with Crippen molar-refractivity contribution in [3.63, 3.8) is 0 Å². The first-order valence-corrected chi connectivity index (χ1v) is 6.33. The Morgan fingerprint density at radius 1 is 1.44 bits per heavy atom. The van der Waals surface area contributed by atoms with Gasteiger partial charge in [0, 0.05) is 20.1 Å². The molecule has 0 aliphatic carbocycles. The Labute approximate surface area is 107 Å². The summed E-state index contributed by atoms with van der Waals surface area (Å²) in [5.41, 5.74) is 0. The topological polar surface area (TPSA) is 78.9 Å². The summed E-state index contributed by atoms with van der Waals surface area (Å²) in [7, 11) is 1.64. The van der Waals surface area contributed by atoms with E-state index in [0.717, 1.165) is 25.9 Å². The van der Waals surface area contributed by atoms with Crippen LogP contribution in [0.25, 0.3) is 0 Å². The number of ether oxygens (including phenoxy) is 1. The molecule has 0 saturated carbocycles. The van der Waals surface area contributed by atoms with Gasteiger partial charge in [-0.3, -0.25) is 14.5 Å². The number of rotatable bonds is 6. The van der Waals surface area contributed by atoms with Gasteiger partial charge >= 0.3 is 5.97 Å². The highest BCUT2D eigenvalue weighted by Gasteiger charge is 2.26. The second-order valence-electron chi connectivity index (χ2n) is 4.54. The van der Waals surface area contributed by atoms with E-state index in [-0.39, 0.29) is 31.1 Å². The standard InChI is InChI=1S/C12H22N2O4/c1-9(12(17)13-2)14-6-3-10(4-7-14)18-8-5-11(15)16/h9-10H,3-8H2,1-2H3,(H,13,17)(H,15,16). The van der Waals surface area contributed by atoms with Crippen LogP contribution in [0.2, 0.25) is 0 Å². The molecule has 6 nitrogen and oxygen atoms in total. The molecule has 1 amide bonds. The van der Waals surface area contributed by atoms with Gasteiger partial charge in [0.1, 0.15) is 0 Å². The van der Waals surface area contributed by atoms with Crippen LogP contribution in [0.4, 0.5) is 0 Å². The number of hydrogen-bond donors (Lipinski definition) is 2. The number of nitrogens with one attached hydrogen (secondary N) is 1. The lowest BCUT2D eigenvalue weighted by atomic mass is 10.1. The van der Waals surface area contributed by atoms with Gasteiger partial charge < -0.3 is 15.2 Å². The largest absolute Gasteiger partial charge is 0.481 e. The monoisotopic (exact) mass is 258 g/mol. The molecule has 0 radical (unpaired) electrons. The lowest BCUT2D eigenvalue weighted by Gasteiger charge is -2.34. The Morgan fingerprint density at radius 3 is 2.56 bits per heavy atom. The van der Waals surface area contributed by atoms with E-state index in [9.17, 15) is 9.59 Å². The van der Waals surface area contributed by atoms with Crippen molar-refractivity contribution in [3.8, 4) is 0 Å². The summed E-state index contributed by atoms with van der Waals surface area (Å²) in [6, 6.07) is -0.116. The number of hydrogen-bond acceptors (Lipinski definition) is 4.